The highest BCUT2D eigenvalue weighted by atomic mass is 32.2. The Morgan fingerprint density at radius 2 is 1.87 bits per heavy atom. The topological polar surface area (TPSA) is 81.9 Å². The van der Waals surface area contributed by atoms with Gasteiger partial charge in [-0.1, -0.05) is 18.7 Å². The van der Waals surface area contributed by atoms with Crippen molar-refractivity contribution < 1.29 is 18.3 Å². The quantitative estimate of drug-likeness (QED) is 0.502. The lowest BCUT2D eigenvalue weighted by Gasteiger charge is -2.13. The van der Waals surface area contributed by atoms with Gasteiger partial charge in [-0.25, -0.2) is 0 Å². The van der Waals surface area contributed by atoms with Crippen molar-refractivity contribution in [2.24, 2.45) is 0 Å². The third kappa shape index (κ3) is 5.53. The van der Waals surface area contributed by atoms with E-state index in [4.69, 9.17) is 0 Å². The zero-order valence-electron chi connectivity index (χ0n) is 16.5. The van der Waals surface area contributed by atoms with Crippen LogP contribution < -0.4 is 10.1 Å². The lowest BCUT2D eigenvalue weighted by Crippen LogP contribution is -2.23. The Morgan fingerprint density at radius 3 is 2.50 bits per heavy atom. The maximum atomic E-state index is 12.6. The highest BCUT2D eigenvalue weighted by molar-refractivity contribution is 8.00. The predicted octanol–water partition coefficient (Wildman–Crippen LogP) is 4.47. The maximum absolute atomic E-state index is 12.6. The third-order valence-electron chi connectivity index (χ3n) is 4.10. The van der Waals surface area contributed by atoms with Gasteiger partial charge in [0.15, 0.2) is 11.0 Å². The Labute approximate surface area is 176 Å². The molecule has 1 unspecified atom stereocenters. The van der Waals surface area contributed by atoms with Crippen LogP contribution in [-0.2, 0) is 11.3 Å². The average Bonchev–Trinajstić information content (AvgIpc) is 3.12. The Hall–Kier alpha value is -3.01. The molecule has 0 bridgehead atoms. The summed E-state index contributed by atoms with van der Waals surface area (Å²) >= 11 is 1.30. The van der Waals surface area contributed by atoms with Crippen LogP contribution in [0.3, 0.4) is 0 Å². The molecule has 0 saturated heterocycles. The first kappa shape index (κ1) is 21.7. The largest absolute Gasteiger partial charge is 0.435 e. The van der Waals surface area contributed by atoms with Crippen molar-refractivity contribution in [1.82, 2.24) is 19.7 Å². The number of nitrogens with one attached hydrogen (secondary N) is 1. The monoisotopic (exact) mass is 433 g/mol. The molecule has 0 aliphatic rings. The number of aromatic nitrogens is 4. The summed E-state index contributed by atoms with van der Waals surface area (Å²) in [7, 11) is 0. The number of nitrogens with zero attached hydrogens (tertiary/aromatic N) is 4. The van der Waals surface area contributed by atoms with Crippen molar-refractivity contribution in [2.45, 2.75) is 43.8 Å². The molecule has 7 nitrogen and oxygen atoms in total. The Morgan fingerprint density at radius 1 is 1.17 bits per heavy atom. The van der Waals surface area contributed by atoms with Crippen LogP contribution in [0, 0.1) is 0 Å². The van der Waals surface area contributed by atoms with E-state index in [1.807, 2.05) is 16.7 Å². The number of pyridine rings is 1. The molecule has 3 aromatic rings. The number of halogens is 2. The fourth-order valence-corrected chi connectivity index (χ4v) is 3.57. The number of ether oxygens (including phenoxy) is 1. The Kier molecular flexibility index (Phi) is 7.34. The molecule has 0 spiro atoms. The molecule has 3 rings (SSSR count). The van der Waals surface area contributed by atoms with Gasteiger partial charge in [0, 0.05) is 30.2 Å². The molecule has 158 valence electrons. The zero-order valence-corrected chi connectivity index (χ0v) is 17.3. The number of carbonyl (C=O) groups is 1. The zero-order chi connectivity index (χ0) is 21.5. The molecule has 1 amide bonds. The molecule has 10 heteroatoms. The van der Waals surface area contributed by atoms with Crippen molar-refractivity contribution in [3.05, 3.63) is 48.8 Å². The first-order valence-corrected chi connectivity index (χ1v) is 10.2. The van der Waals surface area contributed by atoms with E-state index in [0.717, 1.165) is 17.8 Å². The number of rotatable bonds is 9. The second-order valence-corrected chi connectivity index (χ2v) is 7.65. The van der Waals surface area contributed by atoms with Gasteiger partial charge >= 0.3 is 6.61 Å². The maximum Gasteiger partial charge on any atom is 0.387 e. The second-order valence-electron chi connectivity index (χ2n) is 6.35. The molecule has 0 aliphatic heterocycles. The van der Waals surface area contributed by atoms with Crippen molar-refractivity contribution in [3.8, 4) is 17.1 Å². The summed E-state index contributed by atoms with van der Waals surface area (Å²) in [5, 5.41) is 11.5. The van der Waals surface area contributed by atoms with Gasteiger partial charge in [-0.15, -0.1) is 10.2 Å². The van der Waals surface area contributed by atoms with Crippen molar-refractivity contribution in [1.29, 1.82) is 0 Å². The summed E-state index contributed by atoms with van der Waals surface area (Å²) in [6.07, 6.45) is 4.28. The number of benzene rings is 1. The van der Waals surface area contributed by atoms with Gasteiger partial charge in [0.2, 0.25) is 5.91 Å². The van der Waals surface area contributed by atoms with Crippen LogP contribution in [-0.4, -0.2) is 37.5 Å². The van der Waals surface area contributed by atoms with Gasteiger partial charge in [-0.2, -0.15) is 8.78 Å². The van der Waals surface area contributed by atoms with Crippen LogP contribution >= 0.6 is 11.8 Å². The van der Waals surface area contributed by atoms with Gasteiger partial charge in [0.1, 0.15) is 5.75 Å². The van der Waals surface area contributed by atoms with Crippen LogP contribution in [0.5, 0.6) is 5.75 Å². The Balaban J connectivity index is 1.68. The van der Waals surface area contributed by atoms with Gasteiger partial charge < -0.3 is 14.6 Å². The average molecular weight is 433 g/mol. The highest BCUT2D eigenvalue weighted by Crippen LogP contribution is 2.28. The standard InChI is InChI=1S/C20H21F2N5O2S/c1-3-12-27-17(14-8-10-23-11-9-14)25-26-20(27)30-13(2)18(28)24-15-4-6-16(7-5-15)29-19(21)22/h4-11,13,19H,3,12H2,1-2H3,(H,24,28). The molecule has 2 heterocycles. The van der Waals surface area contributed by atoms with E-state index in [2.05, 4.69) is 32.2 Å². The molecular weight excluding hydrogens is 412 g/mol. The lowest BCUT2D eigenvalue weighted by molar-refractivity contribution is -0.115. The summed E-state index contributed by atoms with van der Waals surface area (Å²) in [5.41, 5.74) is 1.39. The number of amides is 1. The molecule has 1 atom stereocenters. The van der Waals surface area contributed by atoms with E-state index >= 15 is 0 Å². The molecule has 0 saturated carbocycles. The fourth-order valence-electron chi connectivity index (χ4n) is 2.69. The van der Waals surface area contributed by atoms with Crippen LogP contribution in [0.15, 0.2) is 53.9 Å². The SMILES string of the molecule is CCCn1c(SC(C)C(=O)Nc2ccc(OC(F)F)cc2)nnc1-c1ccncc1. The van der Waals surface area contributed by atoms with E-state index < -0.39 is 11.9 Å². The fraction of sp³-hybridized carbons (Fsp3) is 0.300. The summed E-state index contributed by atoms with van der Waals surface area (Å²) in [6.45, 7) is 1.65. The molecule has 1 N–H and O–H groups in total. The third-order valence-corrected chi connectivity index (χ3v) is 5.18. The van der Waals surface area contributed by atoms with Crippen LogP contribution in [0.4, 0.5) is 14.5 Å². The highest BCUT2D eigenvalue weighted by Gasteiger charge is 2.21. The molecule has 0 aliphatic carbocycles. The smallest absolute Gasteiger partial charge is 0.387 e. The van der Waals surface area contributed by atoms with Gasteiger partial charge in [0.05, 0.1) is 5.25 Å². The van der Waals surface area contributed by atoms with E-state index in [0.29, 0.717) is 17.4 Å². The van der Waals surface area contributed by atoms with Crippen molar-refractivity contribution >= 4 is 23.4 Å². The number of alkyl halides is 2. The number of anilines is 1. The number of hydrogen-bond donors (Lipinski definition) is 1. The summed E-state index contributed by atoms with van der Waals surface area (Å²) in [5.74, 6) is 0.518. The van der Waals surface area contributed by atoms with E-state index in [-0.39, 0.29) is 11.7 Å². The van der Waals surface area contributed by atoms with Gasteiger partial charge in [-0.05, 0) is 49.7 Å². The normalized spacial score (nSPS) is 12.0. The summed E-state index contributed by atoms with van der Waals surface area (Å²) in [4.78, 5) is 16.6. The predicted molar refractivity (Wildman–Crippen MR) is 111 cm³/mol. The first-order chi connectivity index (χ1) is 14.5. The van der Waals surface area contributed by atoms with Gasteiger partial charge in [0.25, 0.3) is 0 Å². The van der Waals surface area contributed by atoms with Crippen LogP contribution in [0.2, 0.25) is 0 Å². The lowest BCUT2D eigenvalue weighted by atomic mass is 10.2. The van der Waals surface area contributed by atoms with Crippen molar-refractivity contribution in [2.75, 3.05) is 5.32 Å². The minimum atomic E-state index is -2.89. The molecule has 30 heavy (non-hydrogen) atoms. The minimum Gasteiger partial charge on any atom is -0.435 e. The first-order valence-electron chi connectivity index (χ1n) is 9.34. The molecule has 2 aromatic heterocycles. The minimum absolute atomic E-state index is 0.0294. The van der Waals surface area contributed by atoms with Crippen molar-refractivity contribution in [3.63, 3.8) is 0 Å². The van der Waals surface area contributed by atoms with Gasteiger partial charge in [-0.3, -0.25) is 9.78 Å². The van der Waals surface area contributed by atoms with Crippen LogP contribution in [0.25, 0.3) is 11.4 Å². The van der Waals surface area contributed by atoms with E-state index in [1.165, 1.54) is 36.0 Å². The summed E-state index contributed by atoms with van der Waals surface area (Å²) in [6, 6.07) is 9.49. The number of carbonyl (C=O) groups excluding carboxylic acids is 1. The van der Waals surface area contributed by atoms with E-state index in [1.54, 1.807) is 19.3 Å². The summed E-state index contributed by atoms with van der Waals surface area (Å²) < 4.78 is 30.8. The Bertz CT molecular complexity index is 967. The molecule has 1 aromatic carbocycles. The van der Waals surface area contributed by atoms with Crippen LogP contribution in [0.1, 0.15) is 20.3 Å². The van der Waals surface area contributed by atoms with E-state index in [9.17, 15) is 13.6 Å². The molecular formula is C20H21F2N5O2S. The number of thioether (sulfide) groups is 1. The number of hydrogen-bond acceptors (Lipinski definition) is 6. The second kappa shape index (κ2) is 10.1. The molecule has 0 radical (unpaired) electrons. The molecule has 0 fully saturated rings.